The molecule has 4 nitrogen and oxygen atoms in total. The monoisotopic (exact) mass is 414 g/mol. The zero-order valence-corrected chi connectivity index (χ0v) is 17.7. The van der Waals surface area contributed by atoms with Crippen LogP contribution < -0.4 is 5.32 Å². The smallest absolute Gasteiger partial charge is 0.226 e. The van der Waals surface area contributed by atoms with Crippen molar-refractivity contribution in [2.75, 3.05) is 12.4 Å². The number of rotatable bonds is 5. The van der Waals surface area contributed by atoms with Crippen LogP contribution in [0.4, 0.5) is 5.95 Å². The van der Waals surface area contributed by atoms with E-state index < -0.39 is 0 Å². The van der Waals surface area contributed by atoms with Crippen molar-refractivity contribution in [1.29, 1.82) is 0 Å². The third-order valence-corrected chi connectivity index (χ3v) is 5.36. The normalized spacial score (nSPS) is 10.7. The predicted molar refractivity (Wildman–Crippen MR) is 131 cm³/mol. The minimum absolute atomic E-state index is 0.546. The molecule has 0 spiro atoms. The Balaban J connectivity index is 1.48. The lowest BCUT2D eigenvalue weighted by molar-refractivity contribution is 1.06. The summed E-state index contributed by atoms with van der Waals surface area (Å²) in [5.41, 5.74) is 6.59. The van der Waals surface area contributed by atoms with Gasteiger partial charge in [-0.25, -0.2) is 4.98 Å². The molecular formula is C28H22N4. The molecule has 0 aliphatic carbocycles. The Labute approximate surface area is 187 Å². The van der Waals surface area contributed by atoms with E-state index in [1.807, 2.05) is 43.4 Å². The first-order valence-electron chi connectivity index (χ1n) is 10.6. The Morgan fingerprint density at radius 2 is 0.750 bits per heavy atom. The third kappa shape index (κ3) is 4.12. The predicted octanol–water partition coefficient (Wildman–Crippen LogP) is 6.58. The molecule has 1 N–H and O–H groups in total. The van der Waals surface area contributed by atoms with Gasteiger partial charge in [-0.1, -0.05) is 109 Å². The van der Waals surface area contributed by atoms with E-state index in [-0.39, 0.29) is 0 Å². The molecule has 0 amide bonds. The summed E-state index contributed by atoms with van der Waals surface area (Å²) >= 11 is 0. The first-order valence-corrected chi connectivity index (χ1v) is 10.6. The van der Waals surface area contributed by atoms with Crippen molar-refractivity contribution >= 4 is 5.95 Å². The number of nitrogens with zero attached hydrogens (tertiary/aromatic N) is 3. The average molecular weight is 415 g/mol. The molecule has 0 unspecified atom stereocenters. The van der Waals surface area contributed by atoms with Gasteiger partial charge < -0.3 is 5.32 Å². The second kappa shape index (κ2) is 8.82. The number of nitrogens with one attached hydrogen (secondary N) is 1. The highest BCUT2D eigenvalue weighted by atomic mass is 15.1. The fourth-order valence-electron chi connectivity index (χ4n) is 3.63. The Hall–Kier alpha value is -4.31. The van der Waals surface area contributed by atoms with E-state index in [0.717, 1.165) is 22.3 Å². The fraction of sp³-hybridized carbons (Fsp3) is 0.0357. The lowest BCUT2D eigenvalue weighted by Crippen LogP contribution is -2.03. The molecule has 0 aliphatic heterocycles. The fourth-order valence-corrected chi connectivity index (χ4v) is 3.63. The molecule has 1 heterocycles. The highest BCUT2D eigenvalue weighted by Crippen LogP contribution is 2.27. The summed E-state index contributed by atoms with van der Waals surface area (Å²) in [7, 11) is 1.82. The Morgan fingerprint density at radius 1 is 0.406 bits per heavy atom. The molecule has 0 bridgehead atoms. The molecule has 4 heteroatoms. The van der Waals surface area contributed by atoms with Gasteiger partial charge >= 0.3 is 0 Å². The van der Waals surface area contributed by atoms with Crippen molar-refractivity contribution in [3.63, 3.8) is 0 Å². The molecule has 4 aromatic carbocycles. The van der Waals surface area contributed by atoms with E-state index in [1.165, 1.54) is 11.1 Å². The van der Waals surface area contributed by atoms with Crippen LogP contribution in [0.3, 0.4) is 0 Å². The van der Waals surface area contributed by atoms with E-state index in [0.29, 0.717) is 17.6 Å². The van der Waals surface area contributed by atoms with Crippen LogP contribution in [0.15, 0.2) is 109 Å². The van der Waals surface area contributed by atoms with Gasteiger partial charge in [-0.3, -0.25) is 0 Å². The first-order chi connectivity index (χ1) is 15.8. The van der Waals surface area contributed by atoms with Crippen LogP contribution in [0.2, 0.25) is 0 Å². The van der Waals surface area contributed by atoms with Crippen LogP contribution in [-0.2, 0) is 0 Å². The minimum atomic E-state index is 0.546. The standard InChI is InChI=1S/C28H22N4/c1-29-28-31-26(24-16-12-22(13-17-24)20-8-4-2-5-9-20)30-27(32-28)25-18-14-23(15-19-25)21-10-6-3-7-11-21/h2-19H,1H3,(H,29,30,31,32). The maximum absolute atomic E-state index is 4.76. The molecule has 0 saturated carbocycles. The van der Waals surface area contributed by atoms with Crippen LogP contribution in [0.25, 0.3) is 45.0 Å². The van der Waals surface area contributed by atoms with Gasteiger partial charge in [0.1, 0.15) is 0 Å². The lowest BCUT2D eigenvalue weighted by atomic mass is 10.0. The molecule has 0 aliphatic rings. The van der Waals surface area contributed by atoms with Crippen molar-refractivity contribution in [1.82, 2.24) is 15.0 Å². The molecule has 0 atom stereocenters. The van der Waals surface area contributed by atoms with Crippen molar-refractivity contribution < 1.29 is 0 Å². The van der Waals surface area contributed by atoms with Gasteiger partial charge in [0, 0.05) is 18.2 Å². The number of hydrogen-bond acceptors (Lipinski definition) is 4. The Bertz CT molecular complexity index is 1210. The number of aromatic nitrogens is 3. The van der Waals surface area contributed by atoms with E-state index in [4.69, 9.17) is 4.98 Å². The summed E-state index contributed by atoms with van der Waals surface area (Å²) in [5.74, 6) is 1.83. The Morgan fingerprint density at radius 3 is 1.12 bits per heavy atom. The van der Waals surface area contributed by atoms with Crippen LogP contribution in [0.1, 0.15) is 0 Å². The average Bonchev–Trinajstić information content (AvgIpc) is 2.89. The highest BCUT2D eigenvalue weighted by molar-refractivity contribution is 5.71. The first kappa shape index (κ1) is 19.6. The summed E-state index contributed by atoms with van der Waals surface area (Å²) in [6.45, 7) is 0. The number of benzene rings is 4. The van der Waals surface area contributed by atoms with Gasteiger partial charge in [0.15, 0.2) is 11.6 Å². The number of hydrogen-bond donors (Lipinski definition) is 1. The molecule has 154 valence electrons. The summed E-state index contributed by atoms with van der Waals surface area (Å²) in [5, 5.41) is 3.06. The quantitative estimate of drug-likeness (QED) is 0.353. The van der Waals surface area contributed by atoms with Gasteiger partial charge in [0.05, 0.1) is 0 Å². The van der Waals surface area contributed by atoms with Crippen LogP contribution in [0.5, 0.6) is 0 Å². The molecule has 0 saturated heterocycles. The zero-order chi connectivity index (χ0) is 21.8. The van der Waals surface area contributed by atoms with Crippen molar-refractivity contribution in [3.8, 4) is 45.0 Å². The van der Waals surface area contributed by atoms with E-state index >= 15 is 0 Å². The van der Waals surface area contributed by atoms with Crippen molar-refractivity contribution in [2.45, 2.75) is 0 Å². The van der Waals surface area contributed by atoms with Gasteiger partial charge in [-0.05, 0) is 22.3 Å². The van der Waals surface area contributed by atoms with Crippen LogP contribution >= 0.6 is 0 Å². The zero-order valence-electron chi connectivity index (χ0n) is 17.7. The molecule has 0 radical (unpaired) electrons. The summed E-state index contributed by atoms with van der Waals surface area (Å²) < 4.78 is 0. The summed E-state index contributed by atoms with van der Waals surface area (Å²) in [6, 6.07) is 37.3. The van der Waals surface area contributed by atoms with Gasteiger partial charge in [0.25, 0.3) is 0 Å². The largest absolute Gasteiger partial charge is 0.357 e. The number of anilines is 1. The van der Waals surface area contributed by atoms with Gasteiger partial charge in [-0.2, -0.15) is 9.97 Å². The van der Waals surface area contributed by atoms with Crippen LogP contribution in [-0.4, -0.2) is 22.0 Å². The molecule has 5 aromatic rings. The molecule has 5 rings (SSSR count). The van der Waals surface area contributed by atoms with Gasteiger partial charge in [0.2, 0.25) is 5.95 Å². The van der Waals surface area contributed by atoms with Crippen molar-refractivity contribution in [3.05, 3.63) is 109 Å². The molecule has 0 fully saturated rings. The van der Waals surface area contributed by atoms with Crippen LogP contribution in [0, 0.1) is 0 Å². The maximum Gasteiger partial charge on any atom is 0.226 e. The topological polar surface area (TPSA) is 50.7 Å². The molecule has 1 aromatic heterocycles. The Kier molecular flexibility index (Phi) is 5.41. The molecule has 32 heavy (non-hydrogen) atoms. The van der Waals surface area contributed by atoms with E-state index in [2.05, 4.69) is 88.1 Å². The second-order valence-electron chi connectivity index (χ2n) is 7.44. The SMILES string of the molecule is CNc1nc(-c2ccc(-c3ccccc3)cc2)nc(-c2ccc(-c3ccccc3)cc2)n1. The molecular weight excluding hydrogens is 392 g/mol. The van der Waals surface area contributed by atoms with Gasteiger partial charge in [-0.15, -0.1) is 0 Å². The second-order valence-corrected chi connectivity index (χ2v) is 7.44. The maximum atomic E-state index is 4.76. The lowest BCUT2D eigenvalue weighted by Gasteiger charge is -2.09. The van der Waals surface area contributed by atoms with E-state index in [1.54, 1.807) is 0 Å². The third-order valence-electron chi connectivity index (χ3n) is 5.36. The van der Waals surface area contributed by atoms with E-state index in [9.17, 15) is 0 Å². The van der Waals surface area contributed by atoms with Crippen molar-refractivity contribution in [2.24, 2.45) is 0 Å². The summed E-state index contributed by atoms with van der Waals surface area (Å²) in [6.07, 6.45) is 0. The highest BCUT2D eigenvalue weighted by Gasteiger charge is 2.10. The summed E-state index contributed by atoms with van der Waals surface area (Å²) in [4.78, 5) is 13.9. The minimum Gasteiger partial charge on any atom is -0.357 e.